The van der Waals surface area contributed by atoms with Crippen LogP contribution < -0.4 is 0 Å². The summed E-state index contributed by atoms with van der Waals surface area (Å²) in [7, 11) is 0. The maximum absolute atomic E-state index is 10.2. The van der Waals surface area contributed by atoms with Crippen LogP contribution >= 0.6 is 0 Å². The summed E-state index contributed by atoms with van der Waals surface area (Å²) >= 11 is 0. The van der Waals surface area contributed by atoms with Crippen LogP contribution in [0, 0.1) is 0 Å². The van der Waals surface area contributed by atoms with Crippen molar-refractivity contribution in [3.63, 3.8) is 0 Å². The summed E-state index contributed by atoms with van der Waals surface area (Å²) in [6.07, 6.45) is 2.84. The zero-order chi connectivity index (χ0) is 6.69. The van der Waals surface area contributed by atoms with Gasteiger partial charge in [0.15, 0.2) is 0 Å². The average Bonchev–Trinajstić information content (AvgIpc) is 1.90. The largest absolute Gasteiger partial charge is 0.478 e. The molecular formula is C6H5LiNO2. The Bertz CT molecular complexity index is 212. The van der Waals surface area contributed by atoms with Gasteiger partial charge in [0.2, 0.25) is 0 Å². The van der Waals surface area contributed by atoms with Gasteiger partial charge in [0.25, 0.3) is 0 Å². The van der Waals surface area contributed by atoms with Crippen molar-refractivity contribution in [2.45, 2.75) is 0 Å². The van der Waals surface area contributed by atoms with Gasteiger partial charge in [-0.15, -0.1) is 0 Å². The maximum Gasteiger partial charge on any atom is 0.337 e. The summed E-state index contributed by atoms with van der Waals surface area (Å²) in [5.41, 5.74) is 0.220. The molecule has 1 N–H and O–H groups in total. The van der Waals surface area contributed by atoms with Crippen molar-refractivity contribution in [1.29, 1.82) is 0 Å². The topological polar surface area (TPSA) is 50.2 Å². The van der Waals surface area contributed by atoms with Gasteiger partial charge in [0, 0.05) is 31.3 Å². The molecule has 0 aromatic carbocycles. The van der Waals surface area contributed by atoms with Crippen molar-refractivity contribution in [2.24, 2.45) is 0 Å². The van der Waals surface area contributed by atoms with Gasteiger partial charge in [0.05, 0.1) is 5.56 Å². The van der Waals surface area contributed by atoms with Crippen LogP contribution in [0.4, 0.5) is 0 Å². The van der Waals surface area contributed by atoms with E-state index in [9.17, 15) is 4.79 Å². The number of carboxylic acid groups (broad SMARTS) is 1. The van der Waals surface area contributed by atoms with Crippen LogP contribution in [0.25, 0.3) is 0 Å². The van der Waals surface area contributed by atoms with E-state index < -0.39 is 5.97 Å². The Morgan fingerprint density at radius 1 is 1.60 bits per heavy atom. The predicted octanol–water partition coefficient (Wildman–Crippen LogP) is 0.399. The molecule has 0 saturated heterocycles. The number of hydrogen-bond donors (Lipinski definition) is 1. The van der Waals surface area contributed by atoms with Crippen LogP contribution in [0.1, 0.15) is 10.4 Å². The molecule has 1 radical (unpaired) electrons. The van der Waals surface area contributed by atoms with Crippen LogP contribution in [-0.4, -0.2) is 34.9 Å². The monoisotopic (exact) mass is 130 g/mol. The second kappa shape index (κ2) is 4.10. The summed E-state index contributed by atoms with van der Waals surface area (Å²) in [5, 5.41) is 8.34. The third kappa shape index (κ3) is 2.22. The fourth-order valence-corrected chi connectivity index (χ4v) is 0.489. The summed E-state index contributed by atoms with van der Waals surface area (Å²) < 4.78 is 0. The minimum absolute atomic E-state index is 0. The minimum atomic E-state index is -0.942. The van der Waals surface area contributed by atoms with Crippen LogP contribution in [-0.2, 0) is 0 Å². The van der Waals surface area contributed by atoms with Crippen molar-refractivity contribution in [1.82, 2.24) is 4.98 Å². The molecule has 0 spiro atoms. The Balaban J connectivity index is 0.000000810. The molecule has 0 amide bonds. The zero-order valence-electron chi connectivity index (χ0n) is 5.61. The Morgan fingerprint density at radius 3 is 2.60 bits per heavy atom. The smallest absolute Gasteiger partial charge is 0.337 e. The Kier molecular flexibility index (Phi) is 3.78. The Hall–Kier alpha value is -0.783. The third-order valence-corrected chi connectivity index (χ3v) is 0.908. The first kappa shape index (κ1) is 9.22. The maximum atomic E-state index is 10.2. The molecule has 1 aromatic heterocycles. The second-order valence-corrected chi connectivity index (χ2v) is 1.55. The molecule has 1 heterocycles. The molecule has 0 unspecified atom stereocenters. The van der Waals surface area contributed by atoms with Gasteiger partial charge in [-0.3, -0.25) is 4.98 Å². The minimum Gasteiger partial charge on any atom is -0.478 e. The first-order valence-electron chi connectivity index (χ1n) is 2.44. The van der Waals surface area contributed by atoms with E-state index in [0.29, 0.717) is 0 Å². The third-order valence-electron chi connectivity index (χ3n) is 0.908. The fourth-order valence-electron chi connectivity index (χ4n) is 0.489. The summed E-state index contributed by atoms with van der Waals surface area (Å²) in [4.78, 5) is 13.8. The summed E-state index contributed by atoms with van der Waals surface area (Å²) in [6.45, 7) is 0. The molecule has 1 aromatic rings. The van der Waals surface area contributed by atoms with Gasteiger partial charge in [-0.05, 0) is 12.1 Å². The number of aromatic nitrogens is 1. The van der Waals surface area contributed by atoms with Gasteiger partial charge in [0.1, 0.15) is 0 Å². The van der Waals surface area contributed by atoms with E-state index >= 15 is 0 Å². The fraction of sp³-hybridized carbons (Fsp3) is 0. The van der Waals surface area contributed by atoms with Gasteiger partial charge in [-0.1, -0.05) is 0 Å². The molecular weight excluding hydrogens is 125 g/mol. The number of carboxylic acids is 1. The second-order valence-electron chi connectivity index (χ2n) is 1.55. The van der Waals surface area contributed by atoms with Crippen molar-refractivity contribution < 1.29 is 9.90 Å². The number of aromatic carboxylic acids is 1. The standard InChI is InChI=1S/C6H5NO2.Li/c8-6(9)5-2-1-3-7-4-5;/h1-4H,(H,8,9);. The van der Waals surface area contributed by atoms with E-state index in [4.69, 9.17) is 5.11 Å². The number of carbonyl (C=O) groups is 1. The number of hydrogen-bond acceptors (Lipinski definition) is 2. The van der Waals surface area contributed by atoms with Gasteiger partial charge in [-0.25, -0.2) is 4.79 Å². The average molecular weight is 130 g/mol. The van der Waals surface area contributed by atoms with Crippen LogP contribution in [0.2, 0.25) is 0 Å². The molecule has 0 bridgehead atoms. The normalized spacial score (nSPS) is 8.00. The van der Waals surface area contributed by atoms with E-state index in [0.717, 1.165) is 0 Å². The van der Waals surface area contributed by atoms with Crippen molar-refractivity contribution in [3.05, 3.63) is 30.1 Å². The number of rotatable bonds is 1. The first-order chi connectivity index (χ1) is 4.30. The summed E-state index contributed by atoms with van der Waals surface area (Å²) in [5.74, 6) is -0.942. The Morgan fingerprint density at radius 2 is 2.30 bits per heavy atom. The molecule has 3 nitrogen and oxygen atoms in total. The molecule has 0 saturated carbocycles. The SMILES string of the molecule is O=C(O)c1cccnc1.[Li]. The number of nitrogens with zero attached hydrogens (tertiary/aromatic N) is 1. The number of pyridine rings is 1. The molecule has 4 heteroatoms. The van der Waals surface area contributed by atoms with Crippen LogP contribution in [0.5, 0.6) is 0 Å². The first-order valence-corrected chi connectivity index (χ1v) is 2.44. The van der Waals surface area contributed by atoms with E-state index in [2.05, 4.69) is 4.98 Å². The Labute approximate surface area is 70.3 Å². The van der Waals surface area contributed by atoms with Crippen LogP contribution in [0.3, 0.4) is 0 Å². The van der Waals surface area contributed by atoms with E-state index in [1.54, 1.807) is 6.07 Å². The molecule has 0 aliphatic rings. The molecule has 0 atom stereocenters. The van der Waals surface area contributed by atoms with E-state index in [-0.39, 0.29) is 24.4 Å². The molecule has 0 fully saturated rings. The molecule has 0 aliphatic heterocycles. The predicted molar refractivity (Wildman–Crippen MR) is 37.0 cm³/mol. The zero-order valence-corrected chi connectivity index (χ0v) is 5.61. The van der Waals surface area contributed by atoms with Crippen LogP contribution in [0.15, 0.2) is 24.5 Å². The van der Waals surface area contributed by atoms with Crippen molar-refractivity contribution >= 4 is 24.8 Å². The van der Waals surface area contributed by atoms with Gasteiger partial charge >= 0.3 is 5.97 Å². The molecule has 1 rings (SSSR count). The quantitative estimate of drug-likeness (QED) is 0.559. The van der Waals surface area contributed by atoms with Gasteiger partial charge < -0.3 is 5.11 Å². The summed E-state index contributed by atoms with van der Waals surface area (Å²) in [6, 6.07) is 3.08. The van der Waals surface area contributed by atoms with E-state index in [1.807, 2.05) is 0 Å². The molecule has 10 heavy (non-hydrogen) atoms. The molecule has 0 aliphatic carbocycles. The van der Waals surface area contributed by atoms with Crippen molar-refractivity contribution in [2.75, 3.05) is 0 Å². The molecule has 47 valence electrons. The van der Waals surface area contributed by atoms with Gasteiger partial charge in [-0.2, -0.15) is 0 Å². The van der Waals surface area contributed by atoms with E-state index in [1.165, 1.54) is 18.5 Å². The van der Waals surface area contributed by atoms with Crippen molar-refractivity contribution in [3.8, 4) is 0 Å².